The van der Waals surface area contributed by atoms with Gasteiger partial charge in [-0.25, -0.2) is 0 Å². The Morgan fingerprint density at radius 3 is 3.00 bits per heavy atom. The lowest BCUT2D eigenvalue weighted by molar-refractivity contribution is -0.385. The second-order valence-corrected chi connectivity index (χ2v) is 6.12. The first-order valence-electron chi connectivity index (χ1n) is 6.93. The van der Waals surface area contributed by atoms with E-state index in [2.05, 4.69) is 26.1 Å². The summed E-state index contributed by atoms with van der Waals surface area (Å²) in [6, 6.07) is 5.79. The van der Waals surface area contributed by atoms with Gasteiger partial charge in [-0.15, -0.1) is 0 Å². The number of likely N-dealkylation sites (tertiary alicyclic amines) is 1. The van der Waals surface area contributed by atoms with Gasteiger partial charge in [-0.05, 0) is 38.6 Å². The molecule has 110 valence electrons. The van der Waals surface area contributed by atoms with Crippen molar-refractivity contribution in [3.05, 3.63) is 38.3 Å². The van der Waals surface area contributed by atoms with Gasteiger partial charge >= 0.3 is 0 Å². The van der Waals surface area contributed by atoms with Crippen molar-refractivity contribution in [2.24, 2.45) is 0 Å². The van der Waals surface area contributed by atoms with Gasteiger partial charge in [-0.1, -0.05) is 22.4 Å². The van der Waals surface area contributed by atoms with Crippen LogP contribution < -0.4 is 5.32 Å². The van der Waals surface area contributed by atoms with Crippen LogP contribution >= 0.6 is 15.9 Å². The Balaban J connectivity index is 2.17. The summed E-state index contributed by atoms with van der Waals surface area (Å²) >= 11 is 3.30. The van der Waals surface area contributed by atoms with Crippen molar-refractivity contribution in [3.8, 4) is 0 Å². The SMILES string of the molecule is CNCC1CCCCN1Cc1ccc(Br)cc1[N+](=O)[O-]. The van der Waals surface area contributed by atoms with Gasteiger partial charge in [-0.2, -0.15) is 0 Å². The predicted molar refractivity (Wildman–Crippen MR) is 82.8 cm³/mol. The molecule has 0 spiro atoms. The number of hydrogen-bond donors (Lipinski definition) is 1. The first-order valence-corrected chi connectivity index (χ1v) is 7.72. The largest absolute Gasteiger partial charge is 0.318 e. The smallest absolute Gasteiger partial charge is 0.275 e. The molecule has 1 fully saturated rings. The molecule has 1 N–H and O–H groups in total. The molecule has 1 aliphatic heterocycles. The monoisotopic (exact) mass is 341 g/mol. The van der Waals surface area contributed by atoms with Crippen LogP contribution in [0.1, 0.15) is 24.8 Å². The zero-order chi connectivity index (χ0) is 14.5. The lowest BCUT2D eigenvalue weighted by Gasteiger charge is -2.35. The summed E-state index contributed by atoms with van der Waals surface area (Å²) in [6.45, 7) is 2.60. The molecule has 0 aliphatic carbocycles. The van der Waals surface area contributed by atoms with Crippen molar-refractivity contribution in [3.63, 3.8) is 0 Å². The van der Waals surface area contributed by atoms with Crippen LogP contribution in [0, 0.1) is 10.1 Å². The van der Waals surface area contributed by atoms with Crippen LogP contribution in [0.15, 0.2) is 22.7 Å². The maximum absolute atomic E-state index is 11.2. The Morgan fingerprint density at radius 2 is 2.30 bits per heavy atom. The highest BCUT2D eigenvalue weighted by molar-refractivity contribution is 9.10. The molecule has 0 radical (unpaired) electrons. The number of piperidine rings is 1. The zero-order valence-electron chi connectivity index (χ0n) is 11.6. The summed E-state index contributed by atoms with van der Waals surface area (Å²) in [5.74, 6) is 0. The predicted octanol–water partition coefficient (Wildman–Crippen LogP) is 2.93. The highest BCUT2D eigenvalue weighted by atomic mass is 79.9. The second-order valence-electron chi connectivity index (χ2n) is 5.21. The Morgan fingerprint density at radius 1 is 1.50 bits per heavy atom. The van der Waals surface area contributed by atoms with E-state index in [4.69, 9.17) is 0 Å². The minimum absolute atomic E-state index is 0.202. The molecule has 1 unspecified atom stereocenters. The fraction of sp³-hybridized carbons (Fsp3) is 0.571. The third kappa shape index (κ3) is 3.77. The standard InChI is InChI=1S/C14H20BrN3O2/c1-16-9-13-4-2-3-7-17(13)10-11-5-6-12(15)8-14(11)18(19)20/h5-6,8,13,16H,2-4,7,9-10H2,1H3. The quantitative estimate of drug-likeness (QED) is 0.660. The number of nitro benzene ring substituents is 1. The van der Waals surface area contributed by atoms with E-state index in [1.54, 1.807) is 6.07 Å². The fourth-order valence-corrected chi connectivity index (χ4v) is 3.14. The van der Waals surface area contributed by atoms with Gasteiger partial charge in [0.1, 0.15) is 0 Å². The summed E-state index contributed by atoms with van der Waals surface area (Å²) in [7, 11) is 1.95. The molecule has 1 heterocycles. The number of hydrogen-bond acceptors (Lipinski definition) is 4. The molecular weight excluding hydrogens is 322 g/mol. The molecule has 1 atom stereocenters. The number of nitrogens with zero attached hydrogens (tertiary/aromatic N) is 2. The van der Waals surface area contributed by atoms with Crippen molar-refractivity contribution >= 4 is 21.6 Å². The van der Waals surface area contributed by atoms with Crippen molar-refractivity contribution in [1.29, 1.82) is 0 Å². The van der Waals surface area contributed by atoms with E-state index < -0.39 is 0 Å². The van der Waals surface area contributed by atoms with Crippen LogP contribution in [-0.2, 0) is 6.54 Å². The molecule has 0 bridgehead atoms. The van der Waals surface area contributed by atoms with E-state index in [9.17, 15) is 10.1 Å². The van der Waals surface area contributed by atoms with E-state index in [0.29, 0.717) is 12.6 Å². The molecule has 0 aromatic heterocycles. The van der Waals surface area contributed by atoms with E-state index in [1.165, 1.54) is 12.8 Å². The van der Waals surface area contributed by atoms with Crippen molar-refractivity contribution < 1.29 is 4.92 Å². The topological polar surface area (TPSA) is 58.4 Å². The first-order chi connectivity index (χ1) is 9.61. The zero-order valence-corrected chi connectivity index (χ0v) is 13.2. The molecule has 1 aromatic rings. The molecule has 1 aromatic carbocycles. The lowest BCUT2D eigenvalue weighted by Crippen LogP contribution is -2.44. The highest BCUT2D eigenvalue weighted by Gasteiger charge is 2.24. The number of benzene rings is 1. The summed E-state index contributed by atoms with van der Waals surface area (Å²) in [6.07, 6.45) is 3.57. The number of likely N-dealkylation sites (N-methyl/N-ethyl adjacent to an activating group) is 1. The van der Waals surface area contributed by atoms with Gasteiger partial charge in [0.15, 0.2) is 0 Å². The van der Waals surface area contributed by atoms with Gasteiger partial charge in [0, 0.05) is 35.2 Å². The van der Waals surface area contributed by atoms with Gasteiger partial charge in [0.25, 0.3) is 5.69 Å². The Kier molecular flexibility index (Phi) is 5.51. The highest BCUT2D eigenvalue weighted by Crippen LogP contribution is 2.27. The average molecular weight is 342 g/mol. The molecule has 0 amide bonds. The summed E-state index contributed by atoms with van der Waals surface area (Å²) in [4.78, 5) is 13.2. The summed E-state index contributed by atoms with van der Waals surface area (Å²) < 4.78 is 0.748. The Labute approximate surface area is 127 Å². The third-order valence-corrected chi connectivity index (χ3v) is 4.30. The molecule has 5 nitrogen and oxygen atoms in total. The van der Waals surface area contributed by atoms with E-state index >= 15 is 0 Å². The first kappa shape index (κ1) is 15.4. The number of nitro groups is 1. The van der Waals surface area contributed by atoms with Crippen LogP contribution in [-0.4, -0.2) is 36.0 Å². The molecular formula is C14H20BrN3O2. The van der Waals surface area contributed by atoms with Crippen LogP contribution in [0.5, 0.6) is 0 Å². The van der Waals surface area contributed by atoms with E-state index in [-0.39, 0.29) is 10.6 Å². The minimum Gasteiger partial charge on any atom is -0.318 e. The van der Waals surface area contributed by atoms with Gasteiger partial charge in [-0.3, -0.25) is 15.0 Å². The summed E-state index contributed by atoms with van der Waals surface area (Å²) in [5, 5.41) is 14.4. The Bertz CT molecular complexity index is 479. The average Bonchev–Trinajstić information content (AvgIpc) is 2.43. The van der Waals surface area contributed by atoms with E-state index in [0.717, 1.165) is 29.5 Å². The minimum atomic E-state index is -0.295. The van der Waals surface area contributed by atoms with Crippen LogP contribution in [0.2, 0.25) is 0 Å². The van der Waals surface area contributed by atoms with Crippen LogP contribution in [0.25, 0.3) is 0 Å². The van der Waals surface area contributed by atoms with Gasteiger partial charge in [0.2, 0.25) is 0 Å². The molecule has 6 heteroatoms. The van der Waals surface area contributed by atoms with Gasteiger partial charge < -0.3 is 5.32 Å². The fourth-order valence-electron chi connectivity index (χ4n) is 2.79. The van der Waals surface area contributed by atoms with Crippen molar-refractivity contribution in [2.75, 3.05) is 20.1 Å². The van der Waals surface area contributed by atoms with Gasteiger partial charge in [0.05, 0.1) is 4.92 Å². The maximum atomic E-state index is 11.2. The van der Waals surface area contributed by atoms with Crippen molar-refractivity contribution in [2.45, 2.75) is 31.8 Å². The molecule has 2 rings (SSSR count). The number of halogens is 1. The molecule has 0 saturated carbocycles. The van der Waals surface area contributed by atoms with Crippen LogP contribution in [0.3, 0.4) is 0 Å². The second kappa shape index (κ2) is 7.15. The number of rotatable bonds is 5. The molecule has 1 aliphatic rings. The van der Waals surface area contributed by atoms with Crippen molar-refractivity contribution in [1.82, 2.24) is 10.2 Å². The lowest BCUT2D eigenvalue weighted by atomic mass is 10.0. The summed E-state index contributed by atoms with van der Waals surface area (Å²) in [5.41, 5.74) is 0.995. The van der Waals surface area contributed by atoms with Crippen LogP contribution in [0.4, 0.5) is 5.69 Å². The number of nitrogens with one attached hydrogen (secondary N) is 1. The Hall–Kier alpha value is -0.980. The molecule has 1 saturated heterocycles. The van der Waals surface area contributed by atoms with E-state index in [1.807, 2.05) is 19.2 Å². The third-order valence-electron chi connectivity index (χ3n) is 3.81. The normalized spacial score (nSPS) is 20.0. The molecule has 20 heavy (non-hydrogen) atoms. The maximum Gasteiger partial charge on any atom is 0.275 e.